The fourth-order valence-electron chi connectivity index (χ4n) is 2.54. The number of alkyl halides is 3. The van der Waals surface area contributed by atoms with Crippen molar-refractivity contribution in [1.29, 1.82) is 0 Å². The highest BCUT2D eigenvalue weighted by atomic mass is 19.4. The van der Waals surface area contributed by atoms with Gasteiger partial charge in [0.15, 0.2) is 0 Å². The number of carboxylic acids is 1. The molecule has 0 aromatic heterocycles. The Balaban J connectivity index is 2.15. The summed E-state index contributed by atoms with van der Waals surface area (Å²) in [5.41, 5.74) is 0.457. The Morgan fingerprint density at radius 2 is 1.71 bits per heavy atom. The first-order valence-electron chi connectivity index (χ1n) is 6.69. The molecule has 1 fully saturated rings. The second-order valence-corrected chi connectivity index (χ2v) is 4.95. The molecule has 0 aliphatic carbocycles. The average Bonchev–Trinajstić information content (AvgIpc) is 2.40. The normalized spacial score (nSPS) is 18.2. The fraction of sp³-hybridized carbons (Fsp3) is 0.500. The molecule has 116 valence electrons. The third kappa shape index (κ3) is 4.35. The molecule has 1 N–H and O–H groups in total. The lowest BCUT2D eigenvalue weighted by molar-refractivity contribution is -0.274. The lowest BCUT2D eigenvalue weighted by Gasteiger charge is -2.32. The molecule has 2 rings (SSSR count). The molecule has 0 bridgehead atoms. The predicted octanol–water partition coefficient (Wildman–Crippen LogP) is 3.20. The van der Waals surface area contributed by atoms with E-state index in [1.807, 2.05) is 4.90 Å². The summed E-state index contributed by atoms with van der Waals surface area (Å²) in [6.07, 6.45) is -1.82. The predicted molar refractivity (Wildman–Crippen MR) is 68.9 cm³/mol. The lowest BCUT2D eigenvalue weighted by Crippen LogP contribution is -2.37. The largest absolute Gasteiger partial charge is 0.573 e. The highest BCUT2D eigenvalue weighted by Gasteiger charge is 2.32. The van der Waals surface area contributed by atoms with Gasteiger partial charge in [-0.3, -0.25) is 9.69 Å². The molecule has 0 spiro atoms. The molecule has 1 aromatic rings. The Hall–Kier alpha value is -1.76. The first-order chi connectivity index (χ1) is 9.87. The Morgan fingerprint density at radius 3 is 2.19 bits per heavy atom. The van der Waals surface area contributed by atoms with Crippen LogP contribution in [0.4, 0.5) is 13.2 Å². The van der Waals surface area contributed by atoms with E-state index in [0.717, 1.165) is 31.4 Å². The van der Waals surface area contributed by atoms with Gasteiger partial charge in [-0.05, 0) is 43.6 Å². The Bertz CT molecular complexity index is 481. The lowest BCUT2D eigenvalue weighted by atomic mass is 10.0. The second-order valence-electron chi connectivity index (χ2n) is 4.95. The van der Waals surface area contributed by atoms with Crippen molar-refractivity contribution in [1.82, 2.24) is 4.90 Å². The minimum atomic E-state index is -4.75. The molecule has 1 aromatic carbocycles. The van der Waals surface area contributed by atoms with Gasteiger partial charge in [0.1, 0.15) is 11.8 Å². The molecule has 1 aliphatic rings. The van der Waals surface area contributed by atoms with Crippen LogP contribution in [0.1, 0.15) is 30.9 Å². The molecule has 1 aliphatic heterocycles. The third-order valence-electron chi connectivity index (χ3n) is 3.42. The van der Waals surface area contributed by atoms with Gasteiger partial charge in [0, 0.05) is 0 Å². The van der Waals surface area contributed by atoms with Crippen LogP contribution in [0.15, 0.2) is 24.3 Å². The number of carboxylic acid groups (broad SMARTS) is 1. The number of hydrogen-bond donors (Lipinski definition) is 1. The molecule has 1 saturated heterocycles. The van der Waals surface area contributed by atoms with E-state index in [1.54, 1.807) is 0 Å². The topological polar surface area (TPSA) is 49.8 Å². The monoisotopic (exact) mass is 303 g/mol. The molecule has 0 saturated carbocycles. The van der Waals surface area contributed by atoms with Crippen LogP contribution < -0.4 is 4.74 Å². The van der Waals surface area contributed by atoms with Gasteiger partial charge in [-0.2, -0.15) is 0 Å². The highest BCUT2D eigenvalue weighted by molar-refractivity contribution is 5.75. The van der Waals surface area contributed by atoms with Gasteiger partial charge in [-0.25, -0.2) is 0 Å². The van der Waals surface area contributed by atoms with Crippen LogP contribution in [0, 0.1) is 0 Å². The molecular formula is C14H16F3NO3. The SMILES string of the molecule is O=C(O)[C@H](c1ccc(OC(F)(F)F)cc1)N1CCCCC1. The maximum Gasteiger partial charge on any atom is 0.573 e. The zero-order chi connectivity index (χ0) is 15.5. The molecule has 4 nitrogen and oxygen atoms in total. The van der Waals surface area contributed by atoms with Crippen molar-refractivity contribution >= 4 is 5.97 Å². The van der Waals surface area contributed by atoms with Crippen molar-refractivity contribution in [2.24, 2.45) is 0 Å². The molecule has 0 unspecified atom stereocenters. The summed E-state index contributed by atoms with van der Waals surface area (Å²) in [6, 6.07) is 4.19. The van der Waals surface area contributed by atoms with E-state index in [9.17, 15) is 23.1 Å². The van der Waals surface area contributed by atoms with Crippen molar-refractivity contribution in [3.05, 3.63) is 29.8 Å². The number of carbonyl (C=O) groups is 1. The van der Waals surface area contributed by atoms with E-state index < -0.39 is 18.4 Å². The maximum absolute atomic E-state index is 12.1. The quantitative estimate of drug-likeness (QED) is 0.928. The summed E-state index contributed by atoms with van der Waals surface area (Å²) in [5, 5.41) is 9.38. The molecule has 1 atom stereocenters. The van der Waals surface area contributed by atoms with Crippen LogP contribution in [0.25, 0.3) is 0 Å². The number of halogens is 3. The van der Waals surface area contributed by atoms with E-state index in [2.05, 4.69) is 4.74 Å². The number of benzene rings is 1. The number of hydrogen-bond acceptors (Lipinski definition) is 3. The molecule has 0 amide bonds. The molecule has 21 heavy (non-hydrogen) atoms. The maximum atomic E-state index is 12.1. The van der Waals surface area contributed by atoms with E-state index in [-0.39, 0.29) is 5.75 Å². The molecular weight excluding hydrogens is 287 g/mol. The number of rotatable bonds is 4. The number of piperidine rings is 1. The highest BCUT2D eigenvalue weighted by Crippen LogP contribution is 2.28. The van der Waals surface area contributed by atoms with E-state index in [4.69, 9.17) is 0 Å². The van der Waals surface area contributed by atoms with Crippen LogP contribution >= 0.6 is 0 Å². The number of ether oxygens (including phenoxy) is 1. The smallest absolute Gasteiger partial charge is 0.480 e. The molecule has 0 radical (unpaired) electrons. The first kappa shape index (κ1) is 15.6. The first-order valence-corrected chi connectivity index (χ1v) is 6.69. The van der Waals surface area contributed by atoms with Gasteiger partial charge in [-0.15, -0.1) is 13.2 Å². The van der Waals surface area contributed by atoms with Crippen molar-refractivity contribution in [2.75, 3.05) is 13.1 Å². The molecule has 1 heterocycles. The second kappa shape index (κ2) is 6.34. The Morgan fingerprint density at radius 1 is 1.14 bits per heavy atom. The van der Waals surface area contributed by atoms with Crippen LogP contribution in [0.5, 0.6) is 5.75 Å². The summed E-state index contributed by atoms with van der Waals surface area (Å²) in [6.45, 7) is 1.36. The number of nitrogens with zero attached hydrogens (tertiary/aromatic N) is 1. The van der Waals surface area contributed by atoms with Crippen LogP contribution in [-0.2, 0) is 4.79 Å². The van der Waals surface area contributed by atoms with Crippen molar-refractivity contribution in [3.8, 4) is 5.75 Å². The Kier molecular flexibility index (Phi) is 4.72. The summed E-state index contributed by atoms with van der Waals surface area (Å²) in [4.78, 5) is 13.3. The van der Waals surface area contributed by atoms with Gasteiger partial charge < -0.3 is 9.84 Å². The van der Waals surface area contributed by atoms with Crippen molar-refractivity contribution in [3.63, 3.8) is 0 Å². The van der Waals surface area contributed by atoms with Crippen molar-refractivity contribution in [2.45, 2.75) is 31.7 Å². The zero-order valence-corrected chi connectivity index (χ0v) is 11.3. The van der Waals surface area contributed by atoms with Crippen LogP contribution in [0.2, 0.25) is 0 Å². The number of likely N-dealkylation sites (tertiary alicyclic amines) is 1. The average molecular weight is 303 g/mol. The van der Waals surface area contributed by atoms with E-state index in [0.29, 0.717) is 18.7 Å². The van der Waals surface area contributed by atoms with Gasteiger partial charge >= 0.3 is 12.3 Å². The van der Waals surface area contributed by atoms with Gasteiger partial charge in [0.2, 0.25) is 0 Å². The minimum absolute atomic E-state index is 0.353. The zero-order valence-electron chi connectivity index (χ0n) is 11.3. The van der Waals surface area contributed by atoms with Gasteiger partial charge in [-0.1, -0.05) is 18.6 Å². The van der Waals surface area contributed by atoms with Crippen molar-refractivity contribution < 1.29 is 27.8 Å². The van der Waals surface area contributed by atoms with E-state index >= 15 is 0 Å². The fourth-order valence-corrected chi connectivity index (χ4v) is 2.54. The summed E-state index contributed by atoms with van der Waals surface area (Å²) in [7, 11) is 0. The molecule has 7 heteroatoms. The summed E-state index contributed by atoms with van der Waals surface area (Å²) in [5.74, 6) is -1.35. The summed E-state index contributed by atoms with van der Waals surface area (Å²) < 4.78 is 40.1. The van der Waals surface area contributed by atoms with Crippen LogP contribution in [-0.4, -0.2) is 35.4 Å². The van der Waals surface area contributed by atoms with Gasteiger partial charge in [0.25, 0.3) is 0 Å². The van der Waals surface area contributed by atoms with Crippen LogP contribution in [0.3, 0.4) is 0 Å². The van der Waals surface area contributed by atoms with E-state index in [1.165, 1.54) is 12.1 Å². The number of aliphatic carboxylic acids is 1. The van der Waals surface area contributed by atoms with Gasteiger partial charge in [0.05, 0.1) is 0 Å². The standard InChI is InChI=1S/C14H16F3NO3/c15-14(16,17)21-11-6-4-10(5-7-11)12(13(19)20)18-8-2-1-3-9-18/h4-7,12H,1-3,8-9H2,(H,19,20)/t12-/m0/s1. The summed E-state index contributed by atoms with van der Waals surface area (Å²) >= 11 is 0. The minimum Gasteiger partial charge on any atom is -0.480 e. The third-order valence-corrected chi connectivity index (χ3v) is 3.42. The Labute approximate surface area is 120 Å².